The number of methoxy groups -OCH3 is 1. The molecule has 25 heavy (non-hydrogen) atoms. The molecule has 2 aromatic rings. The summed E-state index contributed by atoms with van der Waals surface area (Å²) < 4.78 is 11.6. The SMILES string of the molecule is COc1cccc(N[C@@H]2COC3(CCN(c4ccccc4)CC3)C2)c1. The maximum Gasteiger partial charge on any atom is 0.120 e. The maximum atomic E-state index is 6.29. The third-order valence-corrected chi connectivity index (χ3v) is 5.45. The number of para-hydroxylation sites is 1. The number of rotatable bonds is 4. The molecule has 0 unspecified atom stereocenters. The summed E-state index contributed by atoms with van der Waals surface area (Å²) in [5, 5.41) is 3.61. The number of hydrogen-bond donors (Lipinski definition) is 1. The molecule has 0 aromatic heterocycles. The van der Waals surface area contributed by atoms with Crippen molar-refractivity contribution in [3.8, 4) is 5.75 Å². The van der Waals surface area contributed by atoms with Crippen LogP contribution >= 0.6 is 0 Å². The lowest BCUT2D eigenvalue weighted by Crippen LogP contribution is -2.44. The van der Waals surface area contributed by atoms with Crippen molar-refractivity contribution in [3.05, 3.63) is 54.6 Å². The van der Waals surface area contributed by atoms with Crippen molar-refractivity contribution in [3.63, 3.8) is 0 Å². The van der Waals surface area contributed by atoms with Gasteiger partial charge in [0.05, 0.1) is 25.4 Å². The molecule has 1 spiro atoms. The van der Waals surface area contributed by atoms with Gasteiger partial charge in [0.2, 0.25) is 0 Å². The van der Waals surface area contributed by atoms with E-state index in [0.717, 1.165) is 50.4 Å². The molecule has 4 nitrogen and oxygen atoms in total. The molecule has 2 heterocycles. The first-order chi connectivity index (χ1) is 12.3. The minimum absolute atomic E-state index is 0.0435. The highest BCUT2D eigenvalue weighted by Crippen LogP contribution is 2.38. The van der Waals surface area contributed by atoms with Gasteiger partial charge in [0.15, 0.2) is 0 Å². The van der Waals surface area contributed by atoms with E-state index in [-0.39, 0.29) is 5.60 Å². The van der Waals surface area contributed by atoms with Crippen LogP contribution in [-0.4, -0.2) is 38.4 Å². The second kappa shape index (κ2) is 6.96. The Morgan fingerprint density at radius 2 is 1.88 bits per heavy atom. The van der Waals surface area contributed by atoms with Gasteiger partial charge >= 0.3 is 0 Å². The van der Waals surface area contributed by atoms with Crippen LogP contribution in [0.15, 0.2) is 54.6 Å². The van der Waals surface area contributed by atoms with Gasteiger partial charge in [-0.15, -0.1) is 0 Å². The fourth-order valence-corrected chi connectivity index (χ4v) is 4.05. The van der Waals surface area contributed by atoms with Crippen LogP contribution in [0.4, 0.5) is 11.4 Å². The van der Waals surface area contributed by atoms with Crippen LogP contribution in [-0.2, 0) is 4.74 Å². The van der Waals surface area contributed by atoms with E-state index in [0.29, 0.717) is 6.04 Å². The Morgan fingerprint density at radius 3 is 2.64 bits per heavy atom. The quantitative estimate of drug-likeness (QED) is 0.916. The molecule has 1 atom stereocenters. The van der Waals surface area contributed by atoms with Gasteiger partial charge in [-0.05, 0) is 43.5 Å². The predicted octanol–water partition coefficient (Wildman–Crippen LogP) is 3.94. The molecule has 4 heteroatoms. The Morgan fingerprint density at radius 1 is 1.08 bits per heavy atom. The van der Waals surface area contributed by atoms with Crippen molar-refractivity contribution in [1.82, 2.24) is 0 Å². The Hall–Kier alpha value is -2.20. The van der Waals surface area contributed by atoms with Crippen LogP contribution in [0.3, 0.4) is 0 Å². The summed E-state index contributed by atoms with van der Waals surface area (Å²) in [6.07, 6.45) is 3.27. The zero-order valence-corrected chi connectivity index (χ0v) is 14.8. The second-order valence-corrected chi connectivity index (χ2v) is 7.09. The van der Waals surface area contributed by atoms with Crippen molar-refractivity contribution in [2.24, 2.45) is 0 Å². The van der Waals surface area contributed by atoms with E-state index in [2.05, 4.69) is 46.6 Å². The average Bonchev–Trinajstić information content (AvgIpc) is 3.05. The van der Waals surface area contributed by atoms with E-state index in [1.807, 2.05) is 18.2 Å². The minimum atomic E-state index is 0.0435. The zero-order chi connectivity index (χ0) is 17.1. The number of benzene rings is 2. The molecule has 2 fully saturated rings. The molecule has 0 saturated carbocycles. The molecule has 2 saturated heterocycles. The van der Waals surface area contributed by atoms with Crippen molar-refractivity contribution in [1.29, 1.82) is 0 Å². The average molecular weight is 338 g/mol. The number of piperidine rings is 1. The number of nitrogens with zero attached hydrogens (tertiary/aromatic N) is 1. The molecule has 0 bridgehead atoms. The van der Waals surface area contributed by atoms with Gasteiger partial charge in [-0.2, -0.15) is 0 Å². The van der Waals surface area contributed by atoms with Gasteiger partial charge in [-0.1, -0.05) is 24.3 Å². The molecule has 0 amide bonds. The highest BCUT2D eigenvalue weighted by molar-refractivity contribution is 5.49. The van der Waals surface area contributed by atoms with Crippen LogP contribution in [0.5, 0.6) is 5.75 Å². The molecule has 132 valence electrons. The molecule has 2 aliphatic heterocycles. The first-order valence-electron chi connectivity index (χ1n) is 9.11. The summed E-state index contributed by atoms with van der Waals surface area (Å²) >= 11 is 0. The normalized spacial score (nSPS) is 22.1. The van der Waals surface area contributed by atoms with E-state index in [1.54, 1.807) is 7.11 Å². The third kappa shape index (κ3) is 3.59. The first kappa shape index (κ1) is 16.3. The van der Waals surface area contributed by atoms with Crippen LogP contribution in [0.1, 0.15) is 19.3 Å². The van der Waals surface area contributed by atoms with Gasteiger partial charge in [0.1, 0.15) is 5.75 Å². The van der Waals surface area contributed by atoms with Crippen LogP contribution in [0.2, 0.25) is 0 Å². The largest absolute Gasteiger partial charge is 0.497 e. The topological polar surface area (TPSA) is 33.7 Å². The number of ether oxygens (including phenoxy) is 2. The summed E-state index contributed by atoms with van der Waals surface area (Å²) in [5.74, 6) is 0.884. The van der Waals surface area contributed by atoms with Gasteiger partial charge in [0, 0.05) is 30.5 Å². The monoisotopic (exact) mass is 338 g/mol. The smallest absolute Gasteiger partial charge is 0.120 e. The van der Waals surface area contributed by atoms with E-state index in [1.165, 1.54) is 5.69 Å². The number of hydrogen-bond acceptors (Lipinski definition) is 4. The predicted molar refractivity (Wildman–Crippen MR) is 102 cm³/mol. The molecule has 4 rings (SSSR count). The van der Waals surface area contributed by atoms with E-state index in [4.69, 9.17) is 9.47 Å². The molecule has 2 aromatic carbocycles. The molecule has 0 aliphatic carbocycles. The van der Waals surface area contributed by atoms with Crippen molar-refractivity contribution in [2.45, 2.75) is 30.9 Å². The lowest BCUT2D eigenvalue weighted by atomic mass is 9.87. The molecule has 1 N–H and O–H groups in total. The Balaban J connectivity index is 1.34. The molecule has 0 radical (unpaired) electrons. The van der Waals surface area contributed by atoms with Crippen LogP contribution in [0, 0.1) is 0 Å². The standard InChI is InChI=1S/C21H26N2O2/c1-24-20-9-5-6-17(14-20)22-18-15-21(25-16-18)10-12-23(13-11-21)19-7-3-2-4-8-19/h2-9,14,18,22H,10-13,15-16H2,1H3/t18-/m0/s1. The highest BCUT2D eigenvalue weighted by atomic mass is 16.5. The summed E-state index contributed by atoms with van der Waals surface area (Å²) in [7, 11) is 1.70. The lowest BCUT2D eigenvalue weighted by Gasteiger charge is -2.39. The first-order valence-corrected chi connectivity index (χ1v) is 9.11. The summed E-state index contributed by atoms with van der Waals surface area (Å²) in [6, 6.07) is 19.2. The maximum absolute atomic E-state index is 6.29. The van der Waals surface area contributed by atoms with Crippen molar-refractivity contribution < 1.29 is 9.47 Å². The van der Waals surface area contributed by atoms with Crippen LogP contribution in [0.25, 0.3) is 0 Å². The molecular formula is C21H26N2O2. The zero-order valence-electron chi connectivity index (χ0n) is 14.8. The van der Waals surface area contributed by atoms with E-state index in [9.17, 15) is 0 Å². The number of anilines is 2. The third-order valence-electron chi connectivity index (χ3n) is 5.45. The van der Waals surface area contributed by atoms with Crippen molar-refractivity contribution in [2.75, 3.05) is 37.0 Å². The Labute approximate surface area is 149 Å². The Bertz CT molecular complexity index is 696. The fraction of sp³-hybridized carbons (Fsp3) is 0.429. The highest BCUT2D eigenvalue weighted by Gasteiger charge is 2.42. The summed E-state index contributed by atoms with van der Waals surface area (Å²) in [4.78, 5) is 2.47. The van der Waals surface area contributed by atoms with E-state index >= 15 is 0 Å². The van der Waals surface area contributed by atoms with Crippen molar-refractivity contribution >= 4 is 11.4 Å². The second-order valence-electron chi connectivity index (χ2n) is 7.09. The summed E-state index contributed by atoms with van der Waals surface area (Å²) in [6.45, 7) is 2.91. The fourth-order valence-electron chi connectivity index (χ4n) is 4.05. The van der Waals surface area contributed by atoms with Gasteiger partial charge in [0.25, 0.3) is 0 Å². The minimum Gasteiger partial charge on any atom is -0.497 e. The molecule has 2 aliphatic rings. The van der Waals surface area contributed by atoms with Gasteiger partial charge < -0.3 is 19.7 Å². The number of nitrogens with one attached hydrogen (secondary N) is 1. The molecular weight excluding hydrogens is 312 g/mol. The summed E-state index contributed by atoms with van der Waals surface area (Å²) in [5.41, 5.74) is 2.47. The van der Waals surface area contributed by atoms with Gasteiger partial charge in [-0.3, -0.25) is 0 Å². The van der Waals surface area contributed by atoms with Crippen LogP contribution < -0.4 is 15.0 Å². The lowest BCUT2D eigenvalue weighted by molar-refractivity contribution is -0.0147. The Kier molecular flexibility index (Phi) is 4.53. The van der Waals surface area contributed by atoms with Gasteiger partial charge in [-0.25, -0.2) is 0 Å². The van der Waals surface area contributed by atoms with E-state index < -0.39 is 0 Å².